The van der Waals surface area contributed by atoms with Gasteiger partial charge in [0.1, 0.15) is 6.61 Å². The van der Waals surface area contributed by atoms with Gasteiger partial charge in [-0.3, -0.25) is 0 Å². The molecule has 0 aliphatic rings. The van der Waals surface area contributed by atoms with Crippen LogP contribution in [-0.4, -0.2) is 30.5 Å². The average Bonchev–Trinajstić information content (AvgIpc) is 2.44. The summed E-state index contributed by atoms with van der Waals surface area (Å²) in [5.41, 5.74) is 1.08. The van der Waals surface area contributed by atoms with Crippen LogP contribution in [0.2, 0.25) is 0 Å². The normalized spacial score (nSPS) is 14.5. The molecule has 0 amide bonds. The van der Waals surface area contributed by atoms with Gasteiger partial charge in [0.05, 0.1) is 17.6 Å². The zero-order valence-corrected chi connectivity index (χ0v) is 12.9. The summed E-state index contributed by atoms with van der Waals surface area (Å²) in [5, 5.41) is 4.52. The standard InChI is InChI=1S/C14H20BrNO3/c1-3-17-14(9-15)19-12(2)10-16-18-11-13-7-5-4-6-8-13/h4-8,10,12,14H,3,9,11H2,1-2H3/b16-10+/t12-,14?/m0/s1. The molecule has 0 aliphatic heterocycles. The second-order valence-corrected chi connectivity index (χ2v) is 4.54. The van der Waals surface area contributed by atoms with Crippen molar-refractivity contribution in [3.8, 4) is 0 Å². The van der Waals surface area contributed by atoms with Crippen molar-refractivity contribution >= 4 is 22.1 Å². The van der Waals surface area contributed by atoms with Crippen molar-refractivity contribution in [2.45, 2.75) is 32.8 Å². The summed E-state index contributed by atoms with van der Waals surface area (Å²) in [6.45, 7) is 4.90. The zero-order valence-electron chi connectivity index (χ0n) is 11.3. The second kappa shape index (κ2) is 9.95. The molecule has 1 rings (SSSR count). The van der Waals surface area contributed by atoms with E-state index in [4.69, 9.17) is 14.3 Å². The van der Waals surface area contributed by atoms with Crippen molar-refractivity contribution in [3.05, 3.63) is 35.9 Å². The van der Waals surface area contributed by atoms with E-state index in [0.29, 0.717) is 18.5 Å². The first-order valence-electron chi connectivity index (χ1n) is 6.28. The highest BCUT2D eigenvalue weighted by molar-refractivity contribution is 9.09. The molecule has 0 bridgehead atoms. The fourth-order valence-corrected chi connectivity index (χ4v) is 1.73. The Kier molecular flexibility index (Phi) is 8.45. The van der Waals surface area contributed by atoms with Crippen LogP contribution in [0.4, 0.5) is 0 Å². The Morgan fingerprint density at radius 3 is 2.68 bits per heavy atom. The molecule has 0 aliphatic carbocycles. The molecular formula is C14H20BrNO3. The number of hydrogen-bond acceptors (Lipinski definition) is 4. The Hall–Kier alpha value is -0.910. The minimum Gasteiger partial charge on any atom is -0.391 e. The molecule has 0 heterocycles. The third kappa shape index (κ3) is 7.30. The molecule has 1 aromatic rings. The summed E-state index contributed by atoms with van der Waals surface area (Å²) >= 11 is 3.33. The first-order valence-corrected chi connectivity index (χ1v) is 7.40. The lowest BCUT2D eigenvalue weighted by molar-refractivity contribution is -0.132. The summed E-state index contributed by atoms with van der Waals surface area (Å²) in [5.74, 6) is 0. The van der Waals surface area contributed by atoms with E-state index in [9.17, 15) is 0 Å². The Bertz CT molecular complexity index is 359. The molecule has 2 atom stereocenters. The second-order valence-electron chi connectivity index (χ2n) is 3.89. The zero-order chi connectivity index (χ0) is 13.9. The molecule has 4 nitrogen and oxygen atoms in total. The summed E-state index contributed by atoms with van der Waals surface area (Å²) < 4.78 is 11.0. The third-order valence-electron chi connectivity index (χ3n) is 2.26. The smallest absolute Gasteiger partial charge is 0.168 e. The minimum absolute atomic E-state index is 0.162. The van der Waals surface area contributed by atoms with Gasteiger partial charge < -0.3 is 14.3 Å². The molecule has 0 aromatic heterocycles. The highest BCUT2D eigenvalue weighted by Gasteiger charge is 2.10. The van der Waals surface area contributed by atoms with Gasteiger partial charge in [0, 0.05) is 6.61 Å². The van der Waals surface area contributed by atoms with Gasteiger partial charge in [0.15, 0.2) is 6.29 Å². The van der Waals surface area contributed by atoms with Gasteiger partial charge in [-0.05, 0) is 19.4 Å². The van der Waals surface area contributed by atoms with E-state index >= 15 is 0 Å². The van der Waals surface area contributed by atoms with Crippen LogP contribution in [0.3, 0.4) is 0 Å². The van der Waals surface area contributed by atoms with E-state index in [-0.39, 0.29) is 12.4 Å². The summed E-state index contributed by atoms with van der Waals surface area (Å²) in [4.78, 5) is 5.20. The monoisotopic (exact) mass is 329 g/mol. The number of benzene rings is 1. The van der Waals surface area contributed by atoms with E-state index in [1.54, 1.807) is 6.21 Å². The Labute approximate surface area is 122 Å². The highest BCUT2D eigenvalue weighted by atomic mass is 79.9. The minimum atomic E-state index is -0.263. The molecule has 1 aromatic carbocycles. The lowest BCUT2D eigenvalue weighted by Gasteiger charge is -2.17. The molecule has 0 fully saturated rings. The molecule has 19 heavy (non-hydrogen) atoms. The van der Waals surface area contributed by atoms with Crippen molar-refractivity contribution in [3.63, 3.8) is 0 Å². The van der Waals surface area contributed by atoms with Gasteiger partial charge in [-0.2, -0.15) is 0 Å². The van der Waals surface area contributed by atoms with Crippen molar-refractivity contribution < 1.29 is 14.3 Å². The van der Waals surface area contributed by atoms with E-state index in [1.165, 1.54) is 0 Å². The van der Waals surface area contributed by atoms with Gasteiger partial charge in [0.25, 0.3) is 0 Å². The molecule has 0 radical (unpaired) electrons. The fraction of sp³-hybridized carbons (Fsp3) is 0.500. The van der Waals surface area contributed by atoms with Crippen LogP contribution >= 0.6 is 15.9 Å². The maximum Gasteiger partial charge on any atom is 0.168 e. The van der Waals surface area contributed by atoms with Crippen molar-refractivity contribution in [1.82, 2.24) is 0 Å². The topological polar surface area (TPSA) is 40.0 Å². The number of hydrogen-bond donors (Lipinski definition) is 0. The van der Waals surface area contributed by atoms with E-state index in [2.05, 4.69) is 21.1 Å². The average molecular weight is 330 g/mol. The van der Waals surface area contributed by atoms with Gasteiger partial charge in [-0.1, -0.05) is 51.4 Å². The lowest BCUT2D eigenvalue weighted by atomic mass is 10.2. The quantitative estimate of drug-likeness (QED) is 0.302. The van der Waals surface area contributed by atoms with Crippen LogP contribution in [0.25, 0.3) is 0 Å². The van der Waals surface area contributed by atoms with Gasteiger partial charge in [-0.15, -0.1) is 0 Å². The summed E-state index contributed by atoms with van der Waals surface area (Å²) in [7, 11) is 0. The number of rotatable bonds is 9. The molecular weight excluding hydrogens is 310 g/mol. The summed E-state index contributed by atoms with van der Waals surface area (Å²) in [6.07, 6.45) is 1.20. The first-order chi connectivity index (χ1) is 9.26. The molecule has 0 saturated carbocycles. The van der Waals surface area contributed by atoms with Crippen molar-refractivity contribution in [2.75, 3.05) is 11.9 Å². The maximum atomic E-state index is 5.59. The van der Waals surface area contributed by atoms with Crippen LogP contribution < -0.4 is 0 Å². The lowest BCUT2D eigenvalue weighted by Crippen LogP contribution is -2.25. The number of halogens is 1. The van der Waals surface area contributed by atoms with Crippen LogP contribution in [-0.2, 0) is 20.9 Å². The highest BCUT2D eigenvalue weighted by Crippen LogP contribution is 2.04. The maximum absolute atomic E-state index is 5.59. The van der Waals surface area contributed by atoms with E-state index in [0.717, 1.165) is 5.56 Å². The third-order valence-corrected chi connectivity index (χ3v) is 2.79. The molecule has 1 unspecified atom stereocenters. The van der Waals surface area contributed by atoms with Crippen LogP contribution in [0.5, 0.6) is 0 Å². The number of alkyl halides is 1. The molecule has 106 valence electrons. The van der Waals surface area contributed by atoms with Crippen LogP contribution in [0.1, 0.15) is 19.4 Å². The number of oxime groups is 1. The van der Waals surface area contributed by atoms with Gasteiger partial charge in [-0.25, -0.2) is 0 Å². The molecule has 0 saturated heterocycles. The molecule has 5 heteroatoms. The van der Waals surface area contributed by atoms with Gasteiger partial charge in [0.2, 0.25) is 0 Å². The number of ether oxygens (including phenoxy) is 2. The van der Waals surface area contributed by atoms with E-state index in [1.807, 2.05) is 44.2 Å². The Balaban J connectivity index is 2.24. The SMILES string of the molecule is CCOC(CBr)O[C@@H](C)/C=N/OCc1ccccc1. The number of nitrogens with zero attached hydrogens (tertiary/aromatic N) is 1. The fourth-order valence-electron chi connectivity index (χ4n) is 1.40. The van der Waals surface area contributed by atoms with Crippen LogP contribution in [0, 0.1) is 0 Å². The Morgan fingerprint density at radius 1 is 1.32 bits per heavy atom. The van der Waals surface area contributed by atoms with Crippen molar-refractivity contribution in [1.29, 1.82) is 0 Å². The largest absolute Gasteiger partial charge is 0.391 e. The summed E-state index contributed by atoms with van der Waals surface area (Å²) in [6, 6.07) is 9.89. The molecule has 0 N–H and O–H groups in total. The van der Waals surface area contributed by atoms with Gasteiger partial charge >= 0.3 is 0 Å². The van der Waals surface area contributed by atoms with E-state index < -0.39 is 0 Å². The Morgan fingerprint density at radius 2 is 2.05 bits per heavy atom. The predicted octanol–water partition coefficient (Wildman–Crippen LogP) is 3.35. The van der Waals surface area contributed by atoms with Crippen molar-refractivity contribution in [2.24, 2.45) is 5.16 Å². The predicted molar refractivity (Wildman–Crippen MR) is 79.5 cm³/mol. The first kappa shape index (κ1) is 16.1. The van der Waals surface area contributed by atoms with Crippen LogP contribution in [0.15, 0.2) is 35.5 Å². The molecule has 0 spiro atoms.